The molecule has 2 aliphatic heterocycles. The van der Waals surface area contributed by atoms with Crippen molar-refractivity contribution in [3.63, 3.8) is 0 Å². The Morgan fingerprint density at radius 2 is 1.67 bits per heavy atom. The van der Waals surface area contributed by atoms with Crippen LogP contribution in [0.2, 0.25) is 0 Å². The first-order valence-corrected chi connectivity index (χ1v) is 12.8. The fourth-order valence-electron chi connectivity index (χ4n) is 5.04. The highest BCUT2D eigenvalue weighted by molar-refractivity contribution is 5.77. The Balaban J connectivity index is 1.27. The van der Waals surface area contributed by atoms with E-state index in [0.29, 0.717) is 5.95 Å². The summed E-state index contributed by atoms with van der Waals surface area (Å²) in [5.41, 5.74) is 4.86. The lowest BCUT2D eigenvalue weighted by Gasteiger charge is -2.34. The number of piperazine rings is 1. The lowest BCUT2D eigenvalue weighted by molar-refractivity contribution is 0.313. The molecule has 0 spiro atoms. The van der Waals surface area contributed by atoms with E-state index >= 15 is 0 Å². The highest BCUT2D eigenvalue weighted by Crippen LogP contribution is 2.30. The molecule has 3 N–H and O–H groups in total. The number of hydrogen-bond donors (Lipinski definition) is 3. The van der Waals surface area contributed by atoms with Gasteiger partial charge in [0, 0.05) is 49.8 Å². The van der Waals surface area contributed by atoms with Crippen LogP contribution in [-0.2, 0) is 0 Å². The number of anilines is 5. The van der Waals surface area contributed by atoms with Crippen LogP contribution >= 0.6 is 0 Å². The molecule has 4 heterocycles. The normalized spacial score (nSPS) is 18.9. The molecule has 0 bridgehead atoms. The number of aromatic nitrogens is 4. The maximum Gasteiger partial charge on any atom is 0.229 e. The van der Waals surface area contributed by atoms with Gasteiger partial charge in [0.1, 0.15) is 5.52 Å². The summed E-state index contributed by atoms with van der Waals surface area (Å²) in [4.78, 5) is 19.2. The number of benzene rings is 2. The van der Waals surface area contributed by atoms with Crippen LogP contribution in [0.1, 0.15) is 18.9 Å². The van der Waals surface area contributed by atoms with Gasteiger partial charge in [-0.3, -0.25) is 4.57 Å². The van der Waals surface area contributed by atoms with Crippen LogP contribution in [0.3, 0.4) is 0 Å². The number of fused-ring (bicyclic) bond motifs is 1. The summed E-state index contributed by atoms with van der Waals surface area (Å²) in [7, 11) is 2.18. The van der Waals surface area contributed by atoms with Crippen LogP contribution in [0.25, 0.3) is 11.2 Å². The highest BCUT2D eigenvalue weighted by atomic mass is 15.3. The molecular formula is C27H33N9. The van der Waals surface area contributed by atoms with Crippen LogP contribution in [0.15, 0.2) is 60.8 Å². The molecule has 2 aliphatic rings. The molecule has 0 radical (unpaired) electrons. The van der Waals surface area contributed by atoms with Crippen molar-refractivity contribution < 1.29 is 0 Å². The first kappa shape index (κ1) is 22.8. The van der Waals surface area contributed by atoms with Gasteiger partial charge in [-0.2, -0.15) is 4.98 Å². The summed E-state index contributed by atoms with van der Waals surface area (Å²) in [5, 5.41) is 10.4. The molecule has 6 rings (SSSR count). The zero-order chi connectivity index (χ0) is 24.3. The second-order valence-corrected chi connectivity index (χ2v) is 9.66. The average Bonchev–Trinajstić information content (AvgIpc) is 3.28. The average molecular weight is 484 g/mol. The van der Waals surface area contributed by atoms with Gasteiger partial charge in [-0.25, -0.2) is 9.97 Å². The van der Waals surface area contributed by atoms with Gasteiger partial charge in [0.15, 0.2) is 5.65 Å². The van der Waals surface area contributed by atoms with Crippen molar-refractivity contribution in [1.29, 1.82) is 0 Å². The summed E-state index contributed by atoms with van der Waals surface area (Å²) >= 11 is 0. The van der Waals surface area contributed by atoms with Crippen LogP contribution in [-0.4, -0.2) is 70.7 Å². The lowest BCUT2D eigenvalue weighted by atomic mass is 10.1. The maximum atomic E-state index is 4.92. The molecule has 0 aliphatic carbocycles. The fraction of sp³-hybridized carbons (Fsp3) is 0.370. The van der Waals surface area contributed by atoms with E-state index in [2.05, 4.69) is 66.6 Å². The minimum atomic E-state index is 0.278. The van der Waals surface area contributed by atoms with Gasteiger partial charge in [-0.05, 0) is 62.8 Å². The van der Waals surface area contributed by atoms with E-state index in [1.807, 2.05) is 36.5 Å². The molecule has 2 saturated heterocycles. The molecule has 36 heavy (non-hydrogen) atoms. The number of rotatable bonds is 6. The monoisotopic (exact) mass is 483 g/mol. The summed E-state index contributed by atoms with van der Waals surface area (Å²) < 4.78 is 2.23. The molecule has 2 aromatic carbocycles. The van der Waals surface area contributed by atoms with Gasteiger partial charge in [-0.1, -0.05) is 18.2 Å². The van der Waals surface area contributed by atoms with Crippen LogP contribution in [0.4, 0.5) is 29.0 Å². The Morgan fingerprint density at radius 3 is 2.42 bits per heavy atom. The van der Waals surface area contributed by atoms with Crippen LogP contribution in [0.5, 0.6) is 0 Å². The van der Waals surface area contributed by atoms with Gasteiger partial charge in [-0.15, -0.1) is 0 Å². The number of imidazole rings is 1. The predicted molar refractivity (Wildman–Crippen MR) is 146 cm³/mol. The van der Waals surface area contributed by atoms with Gasteiger partial charge in [0.05, 0.1) is 12.2 Å². The first-order chi connectivity index (χ1) is 17.7. The maximum absolute atomic E-state index is 4.92. The van der Waals surface area contributed by atoms with Gasteiger partial charge < -0.3 is 25.8 Å². The standard InChI is InChI=1S/C27H33N9/c1-34-14-16-35(17-15-34)22-11-9-21(10-12-22)30-26-29-19-24-25(33-26)36(23-8-5-13-28-18-23)27(32-24)31-20-6-3-2-4-7-20/h2-4,6-7,9-12,19,23,28H,5,8,13-18H2,1H3,(H,31,32)(H,29,30,33). The first-order valence-electron chi connectivity index (χ1n) is 12.8. The van der Waals surface area contributed by atoms with Crippen molar-refractivity contribution in [3.8, 4) is 0 Å². The molecule has 2 aromatic heterocycles. The van der Waals surface area contributed by atoms with E-state index in [1.54, 1.807) is 0 Å². The Kier molecular flexibility index (Phi) is 6.40. The zero-order valence-corrected chi connectivity index (χ0v) is 20.7. The van der Waals surface area contributed by atoms with E-state index in [4.69, 9.17) is 9.97 Å². The van der Waals surface area contributed by atoms with E-state index in [1.165, 1.54) is 5.69 Å². The molecular weight excluding hydrogens is 450 g/mol. The Hall–Kier alpha value is -3.69. The molecule has 186 valence electrons. The van der Waals surface area contributed by atoms with Crippen molar-refractivity contribution in [2.24, 2.45) is 0 Å². The Labute approximate surface area is 211 Å². The lowest BCUT2D eigenvalue weighted by Crippen LogP contribution is -2.44. The minimum Gasteiger partial charge on any atom is -0.369 e. The molecule has 2 fully saturated rings. The van der Waals surface area contributed by atoms with E-state index in [-0.39, 0.29) is 6.04 Å². The third-order valence-electron chi connectivity index (χ3n) is 7.09. The predicted octanol–water partition coefficient (Wildman–Crippen LogP) is 3.99. The van der Waals surface area contributed by atoms with Crippen LogP contribution in [0, 0.1) is 0 Å². The Bertz CT molecular complexity index is 1290. The minimum absolute atomic E-state index is 0.278. The molecule has 0 amide bonds. The number of piperidine rings is 1. The third kappa shape index (κ3) is 4.84. The molecule has 1 atom stereocenters. The van der Waals surface area contributed by atoms with E-state index in [9.17, 15) is 0 Å². The second-order valence-electron chi connectivity index (χ2n) is 9.66. The number of nitrogens with one attached hydrogen (secondary N) is 3. The molecule has 9 nitrogen and oxygen atoms in total. The molecule has 1 unspecified atom stereocenters. The topological polar surface area (TPSA) is 86.2 Å². The van der Waals surface area contributed by atoms with Crippen molar-refractivity contribution in [2.75, 3.05) is 61.8 Å². The number of hydrogen-bond acceptors (Lipinski definition) is 8. The number of para-hydroxylation sites is 1. The molecule has 4 aromatic rings. The molecule has 0 saturated carbocycles. The van der Waals surface area contributed by atoms with Gasteiger partial charge in [0.2, 0.25) is 11.9 Å². The fourth-order valence-corrected chi connectivity index (χ4v) is 5.04. The highest BCUT2D eigenvalue weighted by Gasteiger charge is 2.23. The van der Waals surface area contributed by atoms with Crippen molar-refractivity contribution in [2.45, 2.75) is 18.9 Å². The summed E-state index contributed by atoms with van der Waals surface area (Å²) in [6.07, 6.45) is 4.03. The number of nitrogens with zero attached hydrogens (tertiary/aromatic N) is 6. The zero-order valence-electron chi connectivity index (χ0n) is 20.7. The SMILES string of the molecule is CN1CCN(c2ccc(Nc3ncc4nc(Nc5ccccc5)n(C5CCCNC5)c4n3)cc2)CC1. The summed E-state index contributed by atoms with van der Waals surface area (Å²) in [6, 6.07) is 19.0. The third-order valence-corrected chi connectivity index (χ3v) is 7.09. The molecule has 9 heteroatoms. The van der Waals surface area contributed by atoms with Crippen molar-refractivity contribution in [1.82, 2.24) is 29.7 Å². The summed E-state index contributed by atoms with van der Waals surface area (Å²) in [5.74, 6) is 1.37. The van der Waals surface area contributed by atoms with Crippen LogP contribution < -0.4 is 20.9 Å². The van der Waals surface area contributed by atoms with E-state index in [0.717, 1.165) is 80.6 Å². The largest absolute Gasteiger partial charge is 0.369 e. The van der Waals surface area contributed by atoms with Gasteiger partial charge in [0.25, 0.3) is 0 Å². The van der Waals surface area contributed by atoms with E-state index < -0.39 is 0 Å². The van der Waals surface area contributed by atoms with Crippen molar-refractivity contribution in [3.05, 3.63) is 60.8 Å². The van der Waals surface area contributed by atoms with Crippen molar-refractivity contribution >= 4 is 40.1 Å². The smallest absolute Gasteiger partial charge is 0.229 e. The number of likely N-dealkylation sites (N-methyl/N-ethyl adjacent to an activating group) is 1. The quantitative estimate of drug-likeness (QED) is 0.380. The Morgan fingerprint density at radius 1 is 0.889 bits per heavy atom. The summed E-state index contributed by atoms with van der Waals surface area (Å²) in [6.45, 7) is 6.26. The van der Waals surface area contributed by atoms with Gasteiger partial charge >= 0.3 is 0 Å². The second kappa shape index (κ2) is 10.1.